The number of anilines is 1. The van der Waals surface area contributed by atoms with Crippen molar-refractivity contribution in [2.45, 2.75) is 31.8 Å². The maximum Gasteiger partial charge on any atom is 0.317 e. The zero-order valence-corrected chi connectivity index (χ0v) is 11.7. The minimum absolute atomic E-state index is 0.106. The summed E-state index contributed by atoms with van der Waals surface area (Å²) in [4.78, 5) is 20.8. The van der Waals surface area contributed by atoms with E-state index < -0.39 is 5.97 Å². The van der Waals surface area contributed by atoms with E-state index >= 15 is 0 Å². The Balaban J connectivity index is 1.82. The van der Waals surface area contributed by atoms with Crippen molar-refractivity contribution in [2.75, 3.05) is 25.5 Å². The first-order chi connectivity index (χ1) is 9.62. The number of carboxylic acids is 1. The molecule has 0 aliphatic heterocycles. The van der Waals surface area contributed by atoms with E-state index in [4.69, 9.17) is 9.84 Å². The van der Waals surface area contributed by atoms with Crippen LogP contribution in [0.15, 0.2) is 12.4 Å². The Bertz CT molecular complexity index is 463. The van der Waals surface area contributed by atoms with Crippen molar-refractivity contribution in [3.8, 4) is 5.88 Å². The number of nitrogens with zero attached hydrogens (tertiary/aromatic N) is 3. The fraction of sp³-hybridized carbons (Fsp3) is 0.615. The van der Waals surface area contributed by atoms with Gasteiger partial charge in [0.1, 0.15) is 12.1 Å². The van der Waals surface area contributed by atoms with Gasteiger partial charge in [-0.3, -0.25) is 9.69 Å². The molecule has 0 atom stereocenters. The van der Waals surface area contributed by atoms with Crippen LogP contribution >= 0.6 is 0 Å². The molecule has 2 N–H and O–H groups in total. The summed E-state index contributed by atoms with van der Waals surface area (Å²) in [6, 6.07) is 2.40. The normalized spacial score (nSPS) is 21.4. The van der Waals surface area contributed by atoms with E-state index in [1.54, 1.807) is 13.2 Å². The average Bonchev–Trinajstić information content (AvgIpc) is 2.40. The molecule has 7 nitrogen and oxygen atoms in total. The van der Waals surface area contributed by atoms with Gasteiger partial charge in [-0.15, -0.1) is 0 Å². The van der Waals surface area contributed by atoms with Gasteiger partial charge < -0.3 is 15.2 Å². The van der Waals surface area contributed by atoms with Crippen LogP contribution in [-0.2, 0) is 4.79 Å². The van der Waals surface area contributed by atoms with Crippen molar-refractivity contribution in [1.82, 2.24) is 14.9 Å². The standard InChI is InChI=1S/C13H20N4O3/c1-3-17(7-13(18)19)10-4-9(5-10)16-11-6-12(20-2)15-8-14-11/h6,8-10H,3-5,7H2,1-2H3,(H,18,19)(H,14,15,16). The van der Waals surface area contributed by atoms with Crippen LogP contribution in [0.3, 0.4) is 0 Å². The van der Waals surface area contributed by atoms with Crippen molar-refractivity contribution in [1.29, 1.82) is 0 Å². The summed E-state index contributed by atoms with van der Waals surface area (Å²) in [5.41, 5.74) is 0. The third kappa shape index (κ3) is 3.57. The van der Waals surface area contributed by atoms with Crippen molar-refractivity contribution < 1.29 is 14.6 Å². The summed E-state index contributed by atoms with van der Waals surface area (Å²) in [6.45, 7) is 2.85. The zero-order valence-electron chi connectivity index (χ0n) is 11.7. The first kappa shape index (κ1) is 14.5. The SMILES string of the molecule is CCN(CC(=O)O)C1CC(Nc2cc(OC)ncn2)C1. The van der Waals surface area contributed by atoms with E-state index in [1.165, 1.54) is 6.33 Å². The average molecular weight is 280 g/mol. The van der Waals surface area contributed by atoms with Crippen LogP contribution in [0.5, 0.6) is 5.88 Å². The lowest BCUT2D eigenvalue weighted by Gasteiger charge is -2.42. The molecule has 1 fully saturated rings. The highest BCUT2D eigenvalue weighted by molar-refractivity contribution is 5.69. The van der Waals surface area contributed by atoms with Crippen molar-refractivity contribution in [3.05, 3.63) is 12.4 Å². The smallest absolute Gasteiger partial charge is 0.317 e. The molecular formula is C13H20N4O3. The minimum Gasteiger partial charge on any atom is -0.481 e. The molecule has 0 spiro atoms. The van der Waals surface area contributed by atoms with E-state index in [0.29, 0.717) is 18.0 Å². The summed E-state index contributed by atoms with van der Waals surface area (Å²) in [6.07, 6.45) is 3.31. The summed E-state index contributed by atoms with van der Waals surface area (Å²) in [7, 11) is 1.57. The van der Waals surface area contributed by atoms with Gasteiger partial charge in [0.2, 0.25) is 5.88 Å². The molecule has 1 heterocycles. The molecule has 1 saturated carbocycles. The summed E-state index contributed by atoms with van der Waals surface area (Å²) < 4.78 is 5.04. The van der Waals surface area contributed by atoms with Crippen LogP contribution in [0.4, 0.5) is 5.82 Å². The number of carboxylic acid groups (broad SMARTS) is 1. The second kappa shape index (κ2) is 6.51. The Labute approximate surface area is 118 Å². The number of likely N-dealkylation sites (N-methyl/N-ethyl adjacent to an activating group) is 1. The molecule has 1 aromatic heterocycles. The highest BCUT2D eigenvalue weighted by atomic mass is 16.5. The number of nitrogens with one attached hydrogen (secondary N) is 1. The Morgan fingerprint density at radius 3 is 2.90 bits per heavy atom. The third-order valence-electron chi connectivity index (χ3n) is 3.58. The quantitative estimate of drug-likeness (QED) is 0.765. The van der Waals surface area contributed by atoms with Gasteiger partial charge in [-0.05, 0) is 19.4 Å². The molecule has 0 amide bonds. The summed E-state index contributed by atoms with van der Waals surface area (Å²) in [5, 5.41) is 12.2. The molecule has 0 aromatic carbocycles. The van der Waals surface area contributed by atoms with Crippen molar-refractivity contribution >= 4 is 11.8 Å². The fourth-order valence-electron chi connectivity index (χ4n) is 2.42. The van der Waals surface area contributed by atoms with E-state index in [0.717, 1.165) is 25.2 Å². The number of aromatic nitrogens is 2. The summed E-state index contributed by atoms with van der Waals surface area (Å²) in [5.74, 6) is 0.491. The zero-order chi connectivity index (χ0) is 14.5. The number of hydrogen-bond acceptors (Lipinski definition) is 6. The van der Waals surface area contributed by atoms with Crippen LogP contribution in [-0.4, -0.2) is 58.2 Å². The Kier molecular flexibility index (Phi) is 4.73. The largest absolute Gasteiger partial charge is 0.481 e. The van der Waals surface area contributed by atoms with E-state index in [9.17, 15) is 4.79 Å². The van der Waals surface area contributed by atoms with Crippen LogP contribution < -0.4 is 10.1 Å². The lowest BCUT2D eigenvalue weighted by molar-refractivity contribution is -0.139. The van der Waals surface area contributed by atoms with Crippen molar-refractivity contribution in [2.24, 2.45) is 0 Å². The van der Waals surface area contributed by atoms with Crippen LogP contribution in [0.2, 0.25) is 0 Å². The van der Waals surface area contributed by atoms with Crippen molar-refractivity contribution in [3.63, 3.8) is 0 Å². The molecular weight excluding hydrogens is 260 g/mol. The molecule has 110 valence electrons. The molecule has 2 rings (SSSR count). The van der Waals surface area contributed by atoms with Gasteiger partial charge in [0.15, 0.2) is 0 Å². The van der Waals surface area contributed by atoms with Gasteiger partial charge in [0.05, 0.1) is 13.7 Å². The molecule has 0 saturated heterocycles. The lowest BCUT2D eigenvalue weighted by atomic mass is 9.85. The number of methoxy groups -OCH3 is 1. The van der Waals surface area contributed by atoms with Gasteiger partial charge in [0, 0.05) is 18.2 Å². The van der Waals surface area contributed by atoms with Crippen LogP contribution in [0.25, 0.3) is 0 Å². The van der Waals surface area contributed by atoms with Gasteiger partial charge in [0.25, 0.3) is 0 Å². The maximum absolute atomic E-state index is 10.8. The number of aliphatic carboxylic acids is 1. The highest BCUT2D eigenvalue weighted by Crippen LogP contribution is 2.28. The third-order valence-corrected chi connectivity index (χ3v) is 3.58. The number of ether oxygens (including phenoxy) is 1. The Morgan fingerprint density at radius 2 is 2.30 bits per heavy atom. The molecule has 0 bridgehead atoms. The molecule has 20 heavy (non-hydrogen) atoms. The summed E-state index contributed by atoms with van der Waals surface area (Å²) >= 11 is 0. The van der Waals surface area contributed by atoms with Gasteiger partial charge >= 0.3 is 5.97 Å². The van der Waals surface area contributed by atoms with Gasteiger partial charge in [-0.25, -0.2) is 9.97 Å². The molecule has 1 aliphatic carbocycles. The molecule has 0 radical (unpaired) electrons. The maximum atomic E-state index is 10.8. The topological polar surface area (TPSA) is 87.6 Å². The van der Waals surface area contributed by atoms with Gasteiger partial charge in [-0.2, -0.15) is 0 Å². The predicted octanol–water partition coefficient (Wildman–Crippen LogP) is 0.835. The van der Waals surface area contributed by atoms with E-state index in [-0.39, 0.29) is 6.54 Å². The second-order valence-corrected chi connectivity index (χ2v) is 4.87. The minimum atomic E-state index is -0.774. The first-order valence-electron chi connectivity index (χ1n) is 6.70. The highest BCUT2D eigenvalue weighted by Gasteiger charge is 2.33. The lowest BCUT2D eigenvalue weighted by Crippen LogP contribution is -2.51. The van der Waals surface area contributed by atoms with Crippen LogP contribution in [0.1, 0.15) is 19.8 Å². The molecule has 0 unspecified atom stereocenters. The predicted molar refractivity (Wildman–Crippen MR) is 73.9 cm³/mol. The van der Waals surface area contributed by atoms with E-state index in [2.05, 4.69) is 15.3 Å². The number of rotatable bonds is 7. The second-order valence-electron chi connectivity index (χ2n) is 4.87. The monoisotopic (exact) mass is 280 g/mol. The molecule has 7 heteroatoms. The number of carbonyl (C=O) groups is 1. The van der Waals surface area contributed by atoms with E-state index in [1.807, 2.05) is 11.8 Å². The Hall–Kier alpha value is -1.89. The van der Waals surface area contributed by atoms with Crippen LogP contribution in [0, 0.1) is 0 Å². The Morgan fingerprint density at radius 1 is 1.55 bits per heavy atom. The van der Waals surface area contributed by atoms with Gasteiger partial charge in [-0.1, -0.05) is 6.92 Å². The fourth-order valence-corrected chi connectivity index (χ4v) is 2.42. The first-order valence-corrected chi connectivity index (χ1v) is 6.70. The molecule has 1 aromatic rings. The molecule has 1 aliphatic rings. The number of hydrogen-bond donors (Lipinski definition) is 2.